The maximum absolute atomic E-state index is 12.7. The van der Waals surface area contributed by atoms with E-state index in [0.29, 0.717) is 18.1 Å². The van der Waals surface area contributed by atoms with Gasteiger partial charge in [0.1, 0.15) is 5.82 Å². The molecule has 1 atom stereocenters. The van der Waals surface area contributed by atoms with Gasteiger partial charge in [-0.3, -0.25) is 4.79 Å². The second-order valence-corrected chi connectivity index (χ2v) is 4.63. The Balaban J connectivity index is 1.80. The molecule has 2 rings (SSSR count). The molecule has 0 bridgehead atoms. The highest BCUT2D eigenvalue weighted by Crippen LogP contribution is 2.13. The minimum atomic E-state index is -0.311. The van der Waals surface area contributed by atoms with Gasteiger partial charge in [-0.05, 0) is 30.7 Å². The van der Waals surface area contributed by atoms with E-state index in [1.165, 1.54) is 12.1 Å². The second-order valence-electron chi connectivity index (χ2n) is 4.63. The van der Waals surface area contributed by atoms with Gasteiger partial charge in [-0.1, -0.05) is 0 Å². The monoisotopic (exact) mass is 251 g/mol. The number of carbonyl (C=O) groups is 1. The number of benzene rings is 1. The number of likely N-dealkylation sites (tertiary alicyclic amines) is 1. The average Bonchev–Trinajstić information content (AvgIpc) is 2.85. The molecule has 1 aliphatic heterocycles. The molecule has 1 aliphatic rings. The zero-order valence-electron chi connectivity index (χ0n) is 10.6. The predicted octanol–water partition coefficient (Wildman–Crippen LogP) is 2.12. The summed E-state index contributed by atoms with van der Waals surface area (Å²) in [4.78, 5) is 14.1. The van der Waals surface area contributed by atoms with Crippen LogP contribution in [0.3, 0.4) is 0 Å². The first-order valence-electron chi connectivity index (χ1n) is 6.23. The summed E-state index contributed by atoms with van der Waals surface area (Å²) >= 11 is 0. The Kier molecular flexibility index (Phi) is 4.44. The molecule has 4 heteroatoms. The fourth-order valence-electron chi connectivity index (χ4n) is 2.23. The van der Waals surface area contributed by atoms with Crippen molar-refractivity contribution in [2.24, 2.45) is 0 Å². The molecule has 1 saturated heterocycles. The van der Waals surface area contributed by atoms with Crippen LogP contribution in [0.1, 0.15) is 23.2 Å². The van der Waals surface area contributed by atoms with Crippen LogP contribution in [0.25, 0.3) is 0 Å². The number of nitrogens with zero attached hydrogens (tertiary/aromatic N) is 1. The van der Waals surface area contributed by atoms with Gasteiger partial charge in [-0.25, -0.2) is 4.39 Å². The molecule has 1 aromatic rings. The van der Waals surface area contributed by atoms with Crippen LogP contribution in [0.4, 0.5) is 4.39 Å². The molecule has 18 heavy (non-hydrogen) atoms. The van der Waals surface area contributed by atoms with Gasteiger partial charge in [0.2, 0.25) is 0 Å². The molecule has 1 fully saturated rings. The van der Waals surface area contributed by atoms with Gasteiger partial charge in [-0.15, -0.1) is 0 Å². The van der Waals surface area contributed by atoms with E-state index in [2.05, 4.69) is 4.90 Å². The maximum atomic E-state index is 12.7. The molecule has 0 amide bonds. The van der Waals surface area contributed by atoms with Crippen LogP contribution in [0, 0.1) is 5.82 Å². The van der Waals surface area contributed by atoms with Crippen LogP contribution in [0.2, 0.25) is 0 Å². The number of ether oxygens (including phenoxy) is 1. The van der Waals surface area contributed by atoms with Crippen molar-refractivity contribution in [2.75, 3.05) is 26.7 Å². The molecule has 0 N–H and O–H groups in total. The fourth-order valence-corrected chi connectivity index (χ4v) is 2.23. The molecule has 0 radical (unpaired) electrons. The summed E-state index contributed by atoms with van der Waals surface area (Å²) in [6.45, 7) is 2.62. The van der Waals surface area contributed by atoms with E-state index in [9.17, 15) is 9.18 Å². The predicted molar refractivity (Wildman–Crippen MR) is 67.2 cm³/mol. The third-order valence-corrected chi connectivity index (χ3v) is 3.38. The van der Waals surface area contributed by atoms with E-state index >= 15 is 0 Å². The van der Waals surface area contributed by atoms with Crippen molar-refractivity contribution in [3.63, 3.8) is 0 Å². The standard InChI is InChI=1S/C14H18FNO2/c1-18-13-6-8-16(10-13)9-7-14(17)11-2-4-12(15)5-3-11/h2-5,13H,6-10H2,1H3. The molecule has 0 aliphatic carbocycles. The zero-order valence-corrected chi connectivity index (χ0v) is 10.6. The van der Waals surface area contributed by atoms with Gasteiger partial charge in [0.05, 0.1) is 6.10 Å². The molecule has 1 heterocycles. The second kappa shape index (κ2) is 6.07. The van der Waals surface area contributed by atoms with E-state index in [1.54, 1.807) is 19.2 Å². The number of methoxy groups -OCH3 is 1. The van der Waals surface area contributed by atoms with Crippen LogP contribution in [0.5, 0.6) is 0 Å². The minimum absolute atomic E-state index is 0.0656. The normalized spacial score (nSPS) is 20.2. The van der Waals surface area contributed by atoms with Crippen molar-refractivity contribution < 1.29 is 13.9 Å². The first kappa shape index (κ1) is 13.2. The number of rotatable bonds is 5. The van der Waals surface area contributed by atoms with Crippen molar-refractivity contribution in [3.05, 3.63) is 35.6 Å². The molecule has 1 unspecified atom stereocenters. The molecule has 3 nitrogen and oxygen atoms in total. The van der Waals surface area contributed by atoms with Crippen LogP contribution in [-0.2, 0) is 4.74 Å². The van der Waals surface area contributed by atoms with Crippen molar-refractivity contribution in [2.45, 2.75) is 18.9 Å². The van der Waals surface area contributed by atoms with E-state index < -0.39 is 0 Å². The fraction of sp³-hybridized carbons (Fsp3) is 0.500. The van der Waals surface area contributed by atoms with Gasteiger partial charge < -0.3 is 9.64 Å². The molecular weight excluding hydrogens is 233 g/mol. The maximum Gasteiger partial charge on any atom is 0.164 e. The Hall–Kier alpha value is -1.26. The van der Waals surface area contributed by atoms with Crippen molar-refractivity contribution >= 4 is 5.78 Å². The molecule has 98 valence electrons. The highest BCUT2D eigenvalue weighted by molar-refractivity contribution is 5.96. The average molecular weight is 251 g/mol. The lowest BCUT2D eigenvalue weighted by molar-refractivity contribution is 0.0944. The smallest absolute Gasteiger partial charge is 0.164 e. The van der Waals surface area contributed by atoms with Crippen LogP contribution in [0.15, 0.2) is 24.3 Å². The molecule has 0 saturated carbocycles. The summed E-state index contributed by atoms with van der Waals surface area (Å²) in [6, 6.07) is 5.73. The quantitative estimate of drug-likeness (QED) is 0.751. The topological polar surface area (TPSA) is 29.5 Å². The molecule has 0 aromatic heterocycles. The summed E-state index contributed by atoms with van der Waals surface area (Å²) < 4.78 is 18.0. The lowest BCUT2D eigenvalue weighted by Gasteiger charge is -2.14. The number of hydrogen-bond donors (Lipinski definition) is 0. The minimum Gasteiger partial charge on any atom is -0.380 e. The van der Waals surface area contributed by atoms with Gasteiger partial charge in [0, 0.05) is 38.7 Å². The SMILES string of the molecule is COC1CCN(CCC(=O)c2ccc(F)cc2)C1. The number of hydrogen-bond acceptors (Lipinski definition) is 3. The summed E-state index contributed by atoms with van der Waals surface area (Å²) in [7, 11) is 1.72. The van der Waals surface area contributed by atoms with Gasteiger partial charge in [-0.2, -0.15) is 0 Å². The third kappa shape index (κ3) is 3.37. The Morgan fingerprint density at radius 1 is 1.44 bits per heavy atom. The van der Waals surface area contributed by atoms with Gasteiger partial charge >= 0.3 is 0 Å². The number of ketones is 1. The van der Waals surface area contributed by atoms with E-state index in [1.807, 2.05) is 0 Å². The first-order valence-corrected chi connectivity index (χ1v) is 6.23. The van der Waals surface area contributed by atoms with Crippen molar-refractivity contribution in [1.29, 1.82) is 0 Å². The lowest BCUT2D eigenvalue weighted by atomic mass is 10.1. The Labute approximate surface area is 107 Å². The Morgan fingerprint density at radius 3 is 2.78 bits per heavy atom. The third-order valence-electron chi connectivity index (χ3n) is 3.38. The lowest BCUT2D eigenvalue weighted by Crippen LogP contribution is -2.25. The summed E-state index contributed by atoms with van der Waals surface area (Å²) in [5.41, 5.74) is 0.582. The highest BCUT2D eigenvalue weighted by atomic mass is 19.1. The van der Waals surface area contributed by atoms with E-state index in [-0.39, 0.29) is 11.6 Å². The molecule has 0 spiro atoms. The van der Waals surface area contributed by atoms with Crippen molar-refractivity contribution in [3.8, 4) is 0 Å². The number of carbonyl (C=O) groups excluding carboxylic acids is 1. The van der Waals surface area contributed by atoms with Crippen LogP contribution >= 0.6 is 0 Å². The number of Topliss-reactive ketones (excluding diaryl/α,β-unsaturated/α-hetero) is 1. The summed E-state index contributed by atoms with van der Waals surface area (Å²) in [5, 5.41) is 0. The highest BCUT2D eigenvalue weighted by Gasteiger charge is 2.22. The van der Waals surface area contributed by atoms with Crippen LogP contribution in [-0.4, -0.2) is 43.5 Å². The first-order chi connectivity index (χ1) is 8.69. The van der Waals surface area contributed by atoms with Crippen LogP contribution < -0.4 is 0 Å². The summed E-state index contributed by atoms with van der Waals surface area (Å²) in [5.74, 6) is -0.245. The van der Waals surface area contributed by atoms with Gasteiger partial charge in [0.25, 0.3) is 0 Å². The molecule has 1 aromatic carbocycles. The van der Waals surface area contributed by atoms with Gasteiger partial charge in [0.15, 0.2) is 5.78 Å². The largest absolute Gasteiger partial charge is 0.380 e. The zero-order chi connectivity index (χ0) is 13.0. The van der Waals surface area contributed by atoms with E-state index in [0.717, 1.165) is 26.1 Å². The Morgan fingerprint density at radius 2 is 2.17 bits per heavy atom. The van der Waals surface area contributed by atoms with Crippen molar-refractivity contribution in [1.82, 2.24) is 4.90 Å². The Bertz CT molecular complexity index is 405. The molecular formula is C14H18FNO2. The summed E-state index contributed by atoms with van der Waals surface area (Å²) in [6.07, 6.45) is 1.80. The number of halogens is 1. The van der Waals surface area contributed by atoms with E-state index in [4.69, 9.17) is 4.74 Å².